The molecule has 0 heterocycles. The average molecular weight is 435 g/mol. The zero-order chi connectivity index (χ0) is 21.6. The van der Waals surface area contributed by atoms with Crippen molar-refractivity contribution in [3.05, 3.63) is 94.9 Å². The van der Waals surface area contributed by atoms with E-state index in [2.05, 4.69) is 11.9 Å². The highest BCUT2D eigenvalue weighted by Gasteiger charge is 2.12. The Morgan fingerprint density at radius 1 is 1.24 bits per heavy atom. The summed E-state index contributed by atoms with van der Waals surface area (Å²) in [7, 11) is -3.37. The molecule has 8 heteroatoms. The van der Waals surface area contributed by atoms with Crippen LogP contribution in [-0.4, -0.2) is 20.6 Å². The van der Waals surface area contributed by atoms with Crippen LogP contribution in [-0.2, 0) is 21.2 Å². The average Bonchev–Trinajstić information content (AvgIpc) is 2.66. The Hall–Kier alpha value is -2.90. The largest absolute Gasteiger partial charge is 0.404 e. The van der Waals surface area contributed by atoms with Crippen molar-refractivity contribution in [2.24, 2.45) is 5.73 Å². The predicted molar refractivity (Wildman–Crippen MR) is 113 cm³/mol. The molecule has 0 aromatic heterocycles. The van der Waals surface area contributed by atoms with E-state index in [4.69, 9.17) is 17.3 Å². The standard InChI is InChI=1S/C21H20ClFN2O3S/c1-14(18-5-3-4-6-20(18)23)7-8-15(12-24)21(26)25-13-16-9-10-17(11-19(16)22)29(2,27)28/h3-12H,1,13,24H2,2H3,(H,25,26)/b8-7-,15-12+. The fourth-order valence-corrected chi connectivity index (χ4v) is 3.35. The van der Waals surface area contributed by atoms with E-state index in [9.17, 15) is 17.6 Å². The van der Waals surface area contributed by atoms with Gasteiger partial charge < -0.3 is 11.1 Å². The summed E-state index contributed by atoms with van der Waals surface area (Å²) >= 11 is 6.10. The third kappa shape index (κ3) is 6.04. The van der Waals surface area contributed by atoms with Crippen LogP contribution < -0.4 is 11.1 Å². The summed E-state index contributed by atoms with van der Waals surface area (Å²) < 4.78 is 36.9. The number of carbonyl (C=O) groups is 1. The molecule has 0 radical (unpaired) electrons. The first kappa shape index (κ1) is 22.4. The summed E-state index contributed by atoms with van der Waals surface area (Å²) in [4.78, 5) is 12.4. The molecule has 0 aliphatic rings. The van der Waals surface area contributed by atoms with Crippen LogP contribution in [0.2, 0.25) is 5.02 Å². The van der Waals surface area contributed by atoms with Gasteiger partial charge in [-0.2, -0.15) is 0 Å². The molecule has 0 aliphatic carbocycles. The van der Waals surface area contributed by atoms with E-state index in [0.717, 1.165) is 12.5 Å². The predicted octanol–water partition coefficient (Wildman–Crippen LogP) is 3.61. The fourth-order valence-electron chi connectivity index (χ4n) is 2.39. The lowest BCUT2D eigenvalue weighted by atomic mass is 10.1. The molecule has 0 saturated heterocycles. The molecule has 0 saturated carbocycles. The molecule has 29 heavy (non-hydrogen) atoms. The first-order valence-electron chi connectivity index (χ1n) is 8.44. The second kappa shape index (κ2) is 9.54. The minimum atomic E-state index is -3.37. The third-order valence-electron chi connectivity index (χ3n) is 4.02. The van der Waals surface area contributed by atoms with Crippen molar-refractivity contribution < 1.29 is 17.6 Å². The van der Waals surface area contributed by atoms with Gasteiger partial charge in [-0.05, 0) is 35.4 Å². The number of carbonyl (C=O) groups excluding carboxylic acids is 1. The summed E-state index contributed by atoms with van der Waals surface area (Å²) in [6.45, 7) is 3.86. The molecule has 5 nitrogen and oxygen atoms in total. The Labute approximate surface area is 174 Å². The van der Waals surface area contributed by atoms with Gasteiger partial charge in [0.15, 0.2) is 9.84 Å². The number of nitrogens with two attached hydrogens (primary N) is 1. The van der Waals surface area contributed by atoms with E-state index in [1.165, 1.54) is 36.4 Å². The van der Waals surface area contributed by atoms with Crippen LogP contribution in [0.1, 0.15) is 11.1 Å². The number of nitrogens with one attached hydrogen (secondary N) is 1. The number of benzene rings is 2. The maximum absolute atomic E-state index is 13.8. The van der Waals surface area contributed by atoms with Gasteiger partial charge >= 0.3 is 0 Å². The van der Waals surface area contributed by atoms with Crippen LogP contribution >= 0.6 is 11.6 Å². The zero-order valence-electron chi connectivity index (χ0n) is 15.7. The molecule has 0 unspecified atom stereocenters. The van der Waals surface area contributed by atoms with Crippen molar-refractivity contribution in [1.29, 1.82) is 0 Å². The molecule has 0 spiro atoms. The molecule has 2 rings (SSSR count). The van der Waals surface area contributed by atoms with Crippen molar-refractivity contribution in [1.82, 2.24) is 5.32 Å². The lowest BCUT2D eigenvalue weighted by Crippen LogP contribution is -2.24. The summed E-state index contributed by atoms with van der Waals surface area (Å²) in [5.74, 6) is -0.898. The maximum Gasteiger partial charge on any atom is 0.253 e. The monoisotopic (exact) mass is 434 g/mol. The van der Waals surface area contributed by atoms with Gasteiger partial charge in [-0.15, -0.1) is 0 Å². The zero-order valence-corrected chi connectivity index (χ0v) is 17.2. The number of rotatable bonds is 7. The Morgan fingerprint density at radius 3 is 2.52 bits per heavy atom. The summed E-state index contributed by atoms with van der Waals surface area (Å²) in [6, 6.07) is 10.4. The number of amides is 1. The lowest BCUT2D eigenvalue weighted by molar-refractivity contribution is -0.117. The normalized spacial score (nSPS) is 12.2. The molecule has 2 aromatic rings. The minimum Gasteiger partial charge on any atom is -0.404 e. The molecule has 0 fully saturated rings. The third-order valence-corrected chi connectivity index (χ3v) is 5.48. The molecule has 0 aliphatic heterocycles. The van der Waals surface area contributed by atoms with Gasteiger partial charge in [0, 0.05) is 29.6 Å². The minimum absolute atomic E-state index is 0.0706. The molecule has 1 amide bonds. The number of sulfone groups is 1. The number of allylic oxidation sites excluding steroid dienone is 2. The summed E-state index contributed by atoms with van der Waals surface area (Å²) in [5, 5.41) is 2.87. The van der Waals surface area contributed by atoms with Gasteiger partial charge in [0.05, 0.1) is 10.5 Å². The quantitative estimate of drug-likeness (QED) is 0.514. The summed E-state index contributed by atoms with van der Waals surface area (Å²) in [6.07, 6.45) is 5.12. The molecular weight excluding hydrogens is 415 g/mol. The maximum atomic E-state index is 13.8. The van der Waals surface area contributed by atoms with Crippen LogP contribution in [0.25, 0.3) is 5.57 Å². The molecule has 152 valence electrons. The van der Waals surface area contributed by atoms with E-state index in [0.29, 0.717) is 16.7 Å². The van der Waals surface area contributed by atoms with Gasteiger partial charge in [-0.1, -0.05) is 48.5 Å². The SMILES string of the molecule is C=C(/C=C\C(=C/N)C(=O)NCc1ccc(S(C)(=O)=O)cc1Cl)c1ccccc1F. The van der Waals surface area contributed by atoms with Crippen LogP contribution in [0.4, 0.5) is 4.39 Å². The first-order valence-corrected chi connectivity index (χ1v) is 10.7. The van der Waals surface area contributed by atoms with Crippen LogP contribution in [0.5, 0.6) is 0 Å². The molecule has 2 aromatic carbocycles. The number of halogens is 2. The van der Waals surface area contributed by atoms with E-state index < -0.39 is 21.6 Å². The van der Waals surface area contributed by atoms with E-state index >= 15 is 0 Å². The van der Waals surface area contributed by atoms with Gasteiger partial charge in [0.1, 0.15) is 5.82 Å². The second-order valence-electron chi connectivity index (χ2n) is 6.17. The topological polar surface area (TPSA) is 89.3 Å². The molecule has 0 bridgehead atoms. The highest BCUT2D eigenvalue weighted by atomic mass is 35.5. The van der Waals surface area contributed by atoms with Crippen molar-refractivity contribution in [2.75, 3.05) is 6.26 Å². The van der Waals surface area contributed by atoms with Gasteiger partial charge in [-0.3, -0.25) is 4.79 Å². The molecule has 3 N–H and O–H groups in total. The Kier molecular flexibility index (Phi) is 7.36. The van der Waals surface area contributed by atoms with Crippen LogP contribution in [0.3, 0.4) is 0 Å². The van der Waals surface area contributed by atoms with Gasteiger partial charge in [-0.25, -0.2) is 12.8 Å². The lowest BCUT2D eigenvalue weighted by Gasteiger charge is -2.09. The van der Waals surface area contributed by atoms with E-state index in [1.807, 2.05) is 0 Å². The molecule has 0 atom stereocenters. The number of hydrogen-bond acceptors (Lipinski definition) is 4. The first-order chi connectivity index (χ1) is 13.6. The Morgan fingerprint density at radius 2 is 1.93 bits per heavy atom. The van der Waals surface area contributed by atoms with Crippen molar-refractivity contribution in [3.63, 3.8) is 0 Å². The van der Waals surface area contributed by atoms with E-state index in [1.54, 1.807) is 18.2 Å². The van der Waals surface area contributed by atoms with Crippen LogP contribution in [0, 0.1) is 5.82 Å². The molecular formula is C21H20ClFN2O3S. The fraction of sp³-hybridized carbons (Fsp3) is 0.0952. The highest BCUT2D eigenvalue weighted by molar-refractivity contribution is 7.90. The van der Waals surface area contributed by atoms with Crippen molar-refractivity contribution in [3.8, 4) is 0 Å². The smallest absolute Gasteiger partial charge is 0.253 e. The number of hydrogen-bond donors (Lipinski definition) is 2. The van der Waals surface area contributed by atoms with Crippen LogP contribution in [0.15, 0.2) is 77.9 Å². The van der Waals surface area contributed by atoms with E-state index in [-0.39, 0.29) is 22.0 Å². The van der Waals surface area contributed by atoms with Gasteiger partial charge in [0.2, 0.25) is 0 Å². The van der Waals surface area contributed by atoms with Crippen molar-refractivity contribution >= 4 is 32.9 Å². The highest BCUT2D eigenvalue weighted by Crippen LogP contribution is 2.21. The summed E-state index contributed by atoms with van der Waals surface area (Å²) in [5.41, 5.74) is 6.92. The Balaban J connectivity index is 2.06. The van der Waals surface area contributed by atoms with Crippen molar-refractivity contribution in [2.45, 2.75) is 11.4 Å². The van der Waals surface area contributed by atoms with Gasteiger partial charge in [0.25, 0.3) is 5.91 Å². The Bertz CT molecular complexity index is 1110. The second-order valence-corrected chi connectivity index (χ2v) is 8.59.